The summed E-state index contributed by atoms with van der Waals surface area (Å²) in [5.74, 6) is 0.0962. The third-order valence-corrected chi connectivity index (χ3v) is 4.09. The molecule has 0 saturated carbocycles. The predicted octanol–water partition coefficient (Wildman–Crippen LogP) is 2.03. The summed E-state index contributed by atoms with van der Waals surface area (Å²) in [6, 6.07) is 11.0. The van der Waals surface area contributed by atoms with Crippen molar-refractivity contribution in [2.24, 2.45) is 0 Å². The van der Waals surface area contributed by atoms with E-state index in [1.54, 1.807) is 25.3 Å². The normalized spacial score (nSPS) is 10.3. The average Bonchev–Trinajstić information content (AvgIpc) is 3.11. The largest absolute Gasteiger partial charge is 0.497 e. The number of carbonyl (C=O) groups is 2. The predicted molar refractivity (Wildman–Crippen MR) is 102 cm³/mol. The maximum atomic E-state index is 11.8. The van der Waals surface area contributed by atoms with E-state index in [-0.39, 0.29) is 17.4 Å². The van der Waals surface area contributed by atoms with Gasteiger partial charge in [-0.3, -0.25) is 25.8 Å². The fourth-order valence-corrected chi connectivity index (χ4v) is 2.67. The lowest BCUT2D eigenvalue weighted by atomic mass is 10.2. The first-order valence-electron chi connectivity index (χ1n) is 7.31. The molecule has 2 amide bonds. The Kier molecular flexibility index (Phi) is 7.12. The molecule has 0 saturated heterocycles. The molecule has 0 fully saturated rings. The van der Waals surface area contributed by atoms with Crippen LogP contribution in [-0.4, -0.2) is 24.0 Å². The summed E-state index contributed by atoms with van der Waals surface area (Å²) in [5, 5.41) is 4.36. The van der Waals surface area contributed by atoms with Crippen LogP contribution in [-0.2, 0) is 16.0 Å². The van der Waals surface area contributed by atoms with Gasteiger partial charge in [-0.2, -0.15) is 0 Å². The molecule has 25 heavy (non-hydrogen) atoms. The van der Waals surface area contributed by atoms with Gasteiger partial charge in [-0.15, -0.1) is 11.3 Å². The number of benzene rings is 1. The summed E-state index contributed by atoms with van der Waals surface area (Å²) in [6.45, 7) is 0. The van der Waals surface area contributed by atoms with Gasteiger partial charge in [0.05, 0.1) is 13.5 Å². The number of ether oxygens (including phenoxy) is 1. The number of hydrogen-bond donors (Lipinski definition) is 3. The molecule has 0 atom stereocenters. The molecule has 0 radical (unpaired) electrons. The minimum atomic E-state index is -0.402. The van der Waals surface area contributed by atoms with Crippen LogP contribution in [0.1, 0.15) is 10.4 Å². The summed E-state index contributed by atoms with van der Waals surface area (Å²) in [7, 11) is 1.59. The second-order valence-corrected chi connectivity index (χ2v) is 6.29. The van der Waals surface area contributed by atoms with Gasteiger partial charge in [0.15, 0.2) is 5.11 Å². The molecule has 1 aromatic heterocycles. The molecule has 0 aliphatic rings. The van der Waals surface area contributed by atoms with Crippen LogP contribution in [0.2, 0.25) is 0 Å². The Morgan fingerprint density at radius 2 is 1.96 bits per heavy atom. The number of carbonyl (C=O) groups excluding carboxylic acids is 2. The lowest BCUT2D eigenvalue weighted by molar-refractivity contribution is -0.121. The number of thiophene rings is 1. The van der Waals surface area contributed by atoms with Gasteiger partial charge in [0.25, 0.3) is 0 Å². The fourth-order valence-electron chi connectivity index (χ4n) is 1.81. The topological polar surface area (TPSA) is 79.5 Å². The summed E-state index contributed by atoms with van der Waals surface area (Å²) in [5.41, 5.74) is 5.78. The third-order valence-electron chi connectivity index (χ3n) is 3.01. The van der Waals surface area contributed by atoms with E-state index in [4.69, 9.17) is 17.0 Å². The Morgan fingerprint density at radius 3 is 2.60 bits per heavy atom. The van der Waals surface area contributed by atoms with Crippen molar-refractivity contribution in [2.45, 2.75) is 6.42 Å². The molecule has 0 aliphatic heterocycles. The third kappa shape index (κ3) is 6.74. The lowest BCUT2D eigenvalue weighted by Crippen LogP contribution is -2.48. The van der Waals surface area contributed by atoms with Gasteiger partial charge in [-0.1, -0.05) is 18.2 Å². The molecule has 2 rings (SSSR count). The fraction of sp³-hybridized carbons (Fsp3) is 0.118. The summed E-state index contributed by atoms with van der Waals surface area (Å²) >= 11 is 6.45. The van der Waals surface area contributed by atoms with Crippen molar-refractivity contribution in [1.29, 1.82) is 0 Å². The molecular weight excluding hydrogens is 358 g/mol. The van der Waals surface area contributed by atoms with Crippen molar-refractivity contribution in [3.63, 3.8) is 0 Å². The van der Waals surface area contributed by atoms with E-state index in [0.717, 1.165) is 16.2 Å². The second-order valence-electron chi connectivity index (χ2n) is 4.85. The first-order chi connectivity index (χ1) is 12.1. The van der Waals surface area contributed by atoms with Crippen LogP contribution in [0.4, 0.5) is 0 Å². The zero-order valence-corrected chi connectivity index (χ0v) is 15.1. The maximum absolute atomic E-state index is 11.8. The van der Waals surface area contributed by atoms with Crippen molar-refractivity contribution in [3.8, 4) is 5.75 Å². The molecule has 8 heteroatoms. The van der Waals surface area contributed by atoms with Crippen LogP contribution in [0.5, 0.6) is 5.75 Å². The molecule has 0 spiro atoms. The highest BCUT2D eigenvalue weighted by Crippen LogP contribution is 2.12. The zero-order chi connectivity index (χ0) is 18.1. The number of amides is 2. The molecule has 130 valence electrons. The highest BCUT2D eigenvalue weighted by molar-refractivity contribution is 7.80. The van der Waals surface area contributed by atoms with E-state index in [1.165, 1.54) is 17.4 Å². The Morgan fingerprint density at radius 1 is 1.20 bits per heavy atom. The van der Waals surface area contributed by atoms with Crippen molar-refractivity contribution in [2.75, 3.05) is 7.11 Å². The Balaban J connectivity index is 1.72. The van der Waals surface area contributed by atoms with Crippen LogP contribution < -0.4 is 20.9 Å². The van der Waals surface area contributed by atoms with Crippen LogP contribution in [0.3, 0.4) is 0 Å². The molecular formula is C17H17N3O3S2. The Bertz CT molecular complexity index is 756. The zero-order valence-electron chi connectivity index (χ0n) is 13.4. The molecule has 0 unspecified atom stereocenters. The van der Waals surface area contributed by atoms with E-state index in [1.807, 2.05) is 29.6 Å². The highest BCUT2D eigenvalue weighted by Gasteiger charge is 2.05. The van der Waals surface area contributed by atoms with Crippen LogP contribution >= 0.6 is 23.6 Å². The maximum Gasteiger partial charge on any atom is 0.250 e. The molecule has 0 bridgehead atoms. The molecule has 2 aromatic rings. The summed E-state index contributed by atoms with van der Waals surface area (Å²) in [4.78, 5) is 24.4. The van der Waals surface area contributed by atoms with E-state index < -0.39 is 5.91 Å². The van der Waals surface area contributed by atoms with Crippen molar-refractivity contribution in [1.82, 2.24) is 16.2 Å². The second kappa shape index (κ2) is 9.55. The average molecular weight is 375 g/mol. The standard InChI is InChI=1S/C17H17N3O3S2/c1-23-13-7-4-12(5-8-13)6-9-15(21)18-17(24)20-19-16(22)11-14-3-2-10-25-14/h2-10H,11H2,1H3,(H,19,22)(H2,18,20,21,24)/b9-6+. The van der Waals surface area contributed by atoms with Gasteiger partial charge in [-0.05, 0) is 47.4 Å². The smallest absolute Gasteiger partial charge is 0.250 e. The highest BCUT2D eigenvalue weighted by atomic mass is 32.1. The SMILES string of the molecule is COc1ccc(/C=C/C(=O)NC(=S)NNC(=O)Cc2cccs2)cc1. The van der Waals surface area contributed by atoms with Crippen LogP contribution in [0.15, 0.2) is 47.9 Å². The van der Waals surface area contributed by atoms with E-state index in [2.05, 4.69) is 16.2 Å². The van der Waals surface area contributed by atoms with Gasteiger partial charge in [-0.25, -0.2) is 0 Å². The quantitative estimate of drug-likeness (QED) is 0.423. The minimum absolute atomic E-state index is 0.0175. The number of hydrazine groups is 1. The number of thiocarbonyl (C=S) groups is 1. The van der Waals surface area contributed by atoms with Gasteiger partial charge in [0, 0.05) is 11.0 Å². The van der Waals surface area contributed by atoms with Gasteiger partial charge < -0.3 is 4.74 Å². The van der Waals surface area contributed by atoms with E-state index in [0.29, 0.717) is 0 Å². The van der Waals surface area contributed by atoms with Crippen LogP contribution in [0.25, 0.3) is 6.08 Å². The number of nitrogens with one attached hydrogen (secondary N) is 3. The van der Waals surface area contributed by atoms with Gasteiger partial charge in [0.2, 0.25) is 11.8 Å². The van der Waals surface area contributed by atoms with Crippen molar-refractivity contribution >= 4 is 46.6 Å². The number of rotatable bonds is 5. The molecule has 6 nitrogen and oxygen atoms in total. The van der Waals surface area contributed by atoms with Gasteiger partial charge in [0.1, 0.15) is 5.75 Å². The van der Waals surface area contributed by atoms with E-state index in [9.17, 15) is 9.59 Å². The first-order valence-corrected chi connectivity index (χ1v) is 8.60. The monoisotopic (exact) mass is 375 g/mol. The van der Waals surface area contributed by atoms with Crippen LogP contribution in [0, 0.1) is 0 Å². The Hall–Kier alpha value is -2.71. The summed E-state index contributed by atoms with van der Waals surface area (Å²) in [6.07, 6.45) is 3.24. The Labute approximate surface area is 154 Å². The van der Waals surface area contributed by atoms with Crippen molar-refractivity contribution in [3.05, 3.63) is 58.3 Å². The molecule has 3 N–H and O–H groups in total. The van der Waals surface area contributed by atoms with Gasteiger partial charge >= 0.3 is 0 Å². The molecule has 1 aromatic carbocycles. The first kappa shape index (κ1) is 18.6. The van der Waals surface area contributed by atoms with E-state index >= 15 is 0 Å². The molecule has 1 heterocycles. The minimum Gasteiger partial charge on any atom is -0.497 e. The molecule has 0 aliphatic carbocycles. The number of hydrogen-bond acceptors (Lipinski definition) is 5. The lowest BCUT2D eigenvalue weighted by Gasteiger charge is -2.09. The summed E-state index contributed by atoms with van der Waals surface area (Å²) < 4.78 is 5.06. The van der Waals surface area contributed by atoms with Crippen molar-refractivity contribution < 1.29 is 14.3 Å². The number of methoxy groups -OCH3 is 1.